The molecule has 0 atom stereocenters. The molecule has 0 saturated heterocycles. The summed E-state index contributed by atoms with van der Waals surface area (Å²) in [6.45, 7) is 9.06. The molecule has 0 aromatic heterocycles. The van der Waals surface area contributed by atoms with Gasteiger partial charge in [0.15, 0.2) is 0 Å². The van der Waals surface area contributed by atoms with Crippen molar-refractivity contribution in [3.05, 3.63) is 52.0 Å². The fourth-order valence-corrected chi connectivity index (χ4v) is 11.7. The van der Waals surface area contributed by atoms with E-state index >= 15 is 0 Å². The Bertz CT molecular complexity index is 652. The van der Waals surface area contributed by atoms with E-state index in [2.05, 4.69) is 51.1 Å². The van der Waals surface area contributed by atoms with Crippen LogP contribution in [0.4, 0.5) is 0 Å². The van der Waals surface area contributed by atoms with Gasteiger partial charge in [-0.2, -0.15) is 0 Å². The van der Waals surface area contributed by atoms with Gasteiger partial charge in [-0.05, 0) is 0 Å². The van der Waals surface area contributed by atoms with Crippen molar-refractivity contribution in [3.63, 3.8) is 0 Å². The van der Waals surface area contributed by atoms with Crippen LogP contribution in [-0.4, -0.2) is 13.3 Å². The van der Waals surface area contributed by atoms with Crippen molar-refractivity contribution in [2.24, 2.45) is 0 Å². The summed E-state index contributed by atoms with van der Waals surface area (Å²) < 4.78 is 1.52. The number of rotatable bonds is 5. The molecule has 0 radical (unpaired) electrons. The van der Waals surface area contributed by atoms with Gasteiger partial charge in [0.05, 0.1) is 0 Å². The van der Waals surface area contributed by atoms with Crippen LogP contribution in [-0.2, 0) is 0 Å². The number of halogens is 2. The van der Waals surface area contributed by atoms with E-state index in [1.165, 1.54) is 25.7 Å². The van der Waals surface area contributed by atoms with Gasteiger partial charge in [-0.15, -0.1) is 0 Å². The molecule has 22 heavy (non-hydrogen) atoms. The topological polar surface area (TPSA) is 0 Å². The second-order valence-electron chi connectivity index (χ2n) is 6.02. The Kier molecular flexibility index (Phi) is 6.04. The average Bonchev–Trinajstić information content (AvgIpc) is 2.51. The van der Waals surface area contributed by atoms with Crippen molar-refractivity contribution >= 4 is 40.9 Å². The molecular weight excluding hydrogens is 372 g/mol. The zero-order valence-corrected chi connectivity index (χ0v) is 17.5. The summed E-state index contributed by atoms with van der Waals surface area (Å²) in [5.41, 5.74) is 3.22. The molecule has 2 aromatic carbocycles. The molecule has 0 spiro atoms. The second kappa shape index (κ2) is 7.42. The molecule has 0 aliphatic carbocycles. The number of hydrogen-bond donors (Lipinski definition) is 0. The van der Waals surface area contributed by atoms with Gasteiger partial charge in [-0.1, -0.05) is 0 Å². The minimum absolute atomic E-state index is 0.768. The first-order chi connectivity index (χ1) is 10.5. The molecule has 0 N–H and O–H groups in total. The Balaban J connectivity index is 2.50. The van der Waals surface area contributed by atoms with Gasteiger partial charge in [0.2, 0.25) is 0 Å². The summed E-state index contributed by atoms with van der Waals surface area (Å²) in [5.74, 6) is 0. The third-order valence-electron chi connectivity index (χ3n) is 5.03. The van der Waals surface area contributed by atoms with Crippen LogP contribution in [0.15, 0.2) is 36.4 Å². The van der Waals surface area contributed by atoms with Crippen LogP contribution in [0.2, 0.25) is 25.8 Å². The Morgan fingerprint density at radius 1 is 0.773 bits per heavy atom. The Labute approximate surface area is 147 Å². The van der Waals surface area contributed by atoms with Crippen LogP contribution in [0, 0.1) is 6.92 Å². The predicted molar refractivity (Wildman–Crippen MR) is 103 cm³/mol. The van der Waals surface area contributed by atoms with Crippen molar-refractivity contribution in [1.82, 2.24) is 0 Å². The first kappa shape index (κ1) is 17.9. The van der Waals surface area contributed by atoms with E-state index in [4.69, 9.17) is 23.2 Å². The SMILES string of the molecule is C[CH2][Ge]([CH2]C)([CH2]C)[c]1ccc(-c2ccc(C)cc2Cl)c(Cl)c1. The fourth-order valence-electron chi connectivity index (χ4n) is 3.26. The molecule has 0 bridgehead atoms. The van der Waals surface area contributed by atoms with Gasteiger partial charge in [0.25, 0.3) is 0 Å². The van der Waals surface area contributed by atoms with E-state index in [0.717, 1.165) is 21.2 Å². The van der Waals surface area contributed by atoms with Crippen molar-refractivity contribution in [2.75, 3.05) is 0 Å². The maximum absolute atomic E-state index is 6.62. The van der Waals surface area contributed by atoms with E-state index < -0.39 is 13.3 Å². The normalized spacial score (nSPS) is 11.7. The van der Waals surface area contributed by atoms with Crippen LogP contribution in [0.25, 0.3) is 11.1 Å². The van der Waals surface area contributed by atoms with E-state index in [1.54, 1.807) is 0 Å². The van der Waals surface area contributed by atoms with Gasteiger partial charge in [0.1, 0.15) is 0 Å². The second-order valence-corrected chi connectivity index (χ2v) is 17.9. The molecule has 0 fully saturated rings. The van der Waals surface area contributed by atoms with Crippen molar-refractivity contribution < 1.29 is 0 Å². The summed E-state index contributed by atoms with van der Waals surface area (Å²) >= 11 is 11.1. The number of aryl methyl sites for hydroxylation is 1. The quantitative estimate of drug-likeness (QED) is 0.495. The van der Waals surface area contributed by atoms with E-state index in [1.807, 2.05) is 13.0 Å². The van der Waals surface area contributed by atoms with E-state index in [0.29, 0.717) is 0 Å². The summed E-state index contributed by atoms with van der Waals surface area (Å²) in [4.78, 5) is 0. The molecule has 3 heteroatoms. The summed E-state index contributed by atoms with van der Waals surface area (Å²) in [6, 6.07) is 12.8. The zero-order valence-electron chi connectivity index (χ0n) is 13.8. The molecule has 2 aromatic rings. The van der Waals surface area contributed by atoms with Crippen LogP contribution >= 0.6 is 23.2 Å². The predicted octanol–water partition coefficient (Wildman–Crippen LogP) is 6.68. The van der Waals surface area contributed by atoms with Crippen LogP contribution in [0.5, 0.6) is 0 Å². The Hall–Kier alpha value is -0.437. The molecule has 0 nitrogen and oxygen atoms in total. The minimum atomic E-state index is -1.95. The molecular formula is C19H24Cl2Ge. The monoisotopic (exact) mass is 396 g/mol. The first-order valence-corrected chi connectivity index (χ1v) is 14.3. The summed E-state index contributed by atoms with van der Waals surface area (Å²) in [7, 11) is 0. The van der Waals surface area contributed by atoms with Crippen molar-refractivity contribution in [3.8, 4) is 11.1 Å². The third-order valence-corrected chi connectivity index (χ3v) is 17.4. The molecule has 2 rings (SSSR count). The van der Waals surface area contributed by atoms with Crippen LogP contribution < -0.4 is 4.40 Å². The van der Waals surface area contributed by atoms with Gasteiger partial charge in [-0.3, -0.25) is 0 Å². The molecule has 0 aliphatic rings. The molecule has 0 unspecified atom stereocenters. The molecule has 0 heterocycles. The van der Waals surface area contributed by atoms with E-state index in [-0.39, 0.29) is 0 Å². The Morgan fingerprint density at radius 3 is 1.73 bits per heavy atom. The molecule has 0 amide bonds. The van der Waals surface area contributed by atoms with Gasteiger partial charge < -0.3 is 0 Å². The zero-order chi connectivity index (χ0) is 16.3. The Morgan fingerprint density at radius 2 is 1.27 bits per heavy atom. The summed E-state index contributed by atoms with van der Waals surface area (Å²) in [5, 5.41) is 5.54. The third kappa shape index (κ3) is 3.39. The van der Waals surface area contributed by atoms with Gasteiger partial charge in [-0.25, -0.2) is 0 Å². The molecule has 118 valence electrons. The molecule has 0 aliphatic heterocycles. The van der Waals surface area contributed by atoms with Crippen LogP contribution in [0.1, 0.15) is 26.3 Å². The van der Waals surface area contributed by atoms with Crippen molar-refractivity contribution in [1.29, 1.82) is 0 Å². The van der Waals surface area contributed by atoms with Gasteiger partial charge >= 0.3 is 147 Å². The average molecular weight is 396 g/mol. The maximum atomic E-state index is 6.62. The number of hydrogen-bond acceptors (Lipinski definition) is 0. The molecule has 0 saturated carbocycles. The first-order valence-electron chi connectivity index (χ1n) is 8.04. The fraction of sp³-hybridized carbons (Fsp3) is 0.368. The van der Waals surface area contributed by atoms with Gasteiger partial charge in [0, 0.05) is 0 Å². The number of benzene rings is 2. The standard InChI is InChI=1S/C19H24Cl2Ge/c1-5-22(6-2,7-3)15-9-11-17(19(21)13-15)16-10-8-14(4)12-18(16)20/h8-13H,5-7H2,1-4H3. The van der Waals surface area contributed by atoms with E-state index in [9.17, 15) is 0 Å². The van der Waals surface area contributed by atoms with Crippen LogP contribution in [0.3, 0.4) is 0 Å². The van der Waals surface area contributed by atoms with Crippen molar-refractivity contribution in [2.45, 2.75) is 43.5 Å². The summed E-state index contributed by atoms with van der Waals surface area (Å²) in [6.07, 6.45) is 0.